The van der Waals surface area contributed by atoms with Gasteiger partial charge in [0.25, 0.3) is 5.91 Å². The lowest BCUT2D eigenvalue weighted by Crippen LogP contribution is -2.38. The maximum Gasteiger partial charge on any atom is 0.325 e. The summed E-state index contributed by atoms with van der Waals surface area (Å²) in [7, 11) is 0. The Bertz CT molecular complexity index is 819. The third-order valence-corrected chi connectivity index (χ3v) is 4.73. The van der Waals surface area contributed by atoms with Crippen molar-refractivity contribution in [1.29, 1.82) is 0 Å². The largest absolute Gasteiger partial charge is 0.326 e. The molecule has 2 aromatic rings. The van der Waals surface area contributed by atoms with E-state index in [0.717, 1.165) is 21.4 Å². The first-order chi connectivity index (χ1) is 12.1. The first kappa shape index (κ1) is 17.3. The third kappa shape index (κ3) is 3.76. The molecule has 2 N–H and O–H groups in total. The van der Waals surface area contributed by atoms with Crippen LogP contribution < -0.4 is 10.6 Å². The van der Waals surface area contributed by atoms with Crippen LogP contribution in [0.3, 0.4) is 0 Å². The first-order valence-electron chi connectivity index (χ1n) is 7.98. The lowest BCUT2D eigenvalue weighted by molar-refractivity contribution is -0.130. The first-order valence-corrected chi connectivity index (χ1v) is 9.38. The fourth-order valence-corrected chi connectivity index (χ4v) is 3.30. The van der Waals surface area contributed by atoms with Gasteiger partial charge in [-0.1, -0.05) is 36.4 Å². The van der Waals surface area contributed by atoms with E-state index >= 15 is 0 Å². The molecular weight excluding hydrogens is 338 g/mol. The van der Waals surface area contributed by atoms with Gasteiger partial charge in [-0.15, -0.1) is 0 Å². The zero-order valence-corrected chi connectivity index (χ0v) is 14.6. The lowest BCUT2D eigenvalue weighted by atomic mass is 10.1. The van der Waals surface area contributed by atoms with E-state index in [9.17, 15) is 14.4 Å². The highest BCUT2D eigenvalue weighted by atomic mass is 32.2. The number of urea groups is 1. The van der Waals surface area contributed by atoms with E-state index in [2.05, 4.69) is 10.6 Å². The molecule has 0 unspecified atom stereocenters. The normalized spacial score (nSPS) is 17.0. The standard InChI is InChI=1S/C18H19N3O3S/c1-25-10-9-15-17(23)21(18(24)20-15)11-16(22)19-14-8-4-6-12-5-2-3-7-13(12)14/h2-8,15H,9-11H2,1H3,(H,19,22)(H,20,24)/t15-/m1/s1. The predicted molar refractivity (Wildman–Crippen MR) is 99.6 cm³/mol. The van der Waals surface area contributed by atoms with Gasteiger partial charge in [-0.2, -0.15) is 11.8 Å². The lowest BCUT2D eigenvalue weighted by Gasteiger charge is -2.14. The molecule has 25 heavy (non-hydrogen) atoms. The zero-order chi connectivity index (χ0) is 17.8. The van der Waals surface area contributed by atoms with Gasteiger partial charge in [-0.25, -0.2) is 4.79 Å². The molecular formula is C18H19N3O3S. The topological polar surface area (TPSA) is 78.5 Å². The minimum Gasteiger partial charge on any atom is -0.326 e. The summed E-state index contributed by atoms with van der Waals surface area (Å²) in [6.07, 6.45) is 2.50. The molecule has 0 radical (unpaired) electrons. The maximum atomic E-state index is 12.3. The van der Waals surface area contributed by atoms with Crippen LogP contribution in [0.1, 0.15) is 6.42 Å². The van der Waals surface area contributed by atoms with Gasteiger partial charge in [0.1, 0.15) is 12.6 Å². The van der Waals surface area contributed by atoms with Crippen LogP contribution in [-0.4, -0.2) is 47.3 Å². The molecule has 0 saturated carbocycles. The van der Waals surface area contributed by atoms with Crippen molar-refractivity contribution >= 4 is 46.1 Å². The quantitative estimate of drug-likeness (QED) is 0.779. The molecule has 6 nitrogen and oxygen atoms in total. The summed E-state index contributed by atoms with van der Waals surface area (Å²) in [5.74, 6) is 0.0321. The Kier molecular flexibility index (Phi) is 5.23. The Hall–Kier alpha value is -2.54. The van der Waals surface area contributed by atoms with Gasteiger partial charge in [0.15, 0.2) is 0 Å². The van der Waals surface area contributed by atoms with Crippen molar-refractivity contribution in [2.45, 2.75) is 12.5 Å². The maximum absolute atomic E-state index is 12.3. The van der Waals surface area contributed by atoms with Gasteiger partial charge < -0.3 is 10.6 Å². The minimum absolute atomic E-state index is 0.288. The number of imide groups is 1. The summed E-state index contributed by atoms with van der Waals surface area (Å²) in [4.78, 5) is 37.6. The Morgan fingerprint density at radius 2 is 1.96 bits per heavy atom. The van der Waals surface area contributed by atoms with Gasteiger partial charge in [-0.3, -0.25) is 14.5 Å². The van der Waals surface area contributed by atoms with E-state index < -0.39 is 18.0 Å². The van der Waals surface area contributed by atoms with E-state index in [1.165, 1.54) is 0 Å². The van der Waals surface area contributed by atoms with Crippen molar-refractivity contribution in [2.24, 2.45) is 0 Å². The van der Waals surface area contributed by atoms with Crippen LogP contribution in [0.25, 0.3) is 10.8 Å². The third-order valence-electron chi connectivity index (χ3n) is 4.08. The highest BCUT2D eigenvalue weighted by Crippen LogP contribution is 2.23. The Morgan fingerprint density at radius 1 is 1.20 bits per heavy atom. The number of rotatable bonds is 6. The number of carbonyl (C=O) groups is 3. The molecule has 1 aliphatic heterocycles. The Balaban J connectivity index is 1.68. The van der Waals surface area contributed by atoms with Gasteiger partial charge in [0.2, 0.25) is 5.91 Å². The second-order valence-electron chi connectivity index (χ2n) is 5.78. The fourth-order valence-electron chi connectivity index (χ4n) is 2.83. The van der Waals surface area contributed by atoms with Gasteiger partial charge in [0.05, 0.1) is 0 Å². The van der Waals surface area contributed by atoms with E-state index in [0.29, 0.717) is 12.1 Å². The van der Waals surface area contributed by atoms with Crippen LogP contribution in [0, 0.1) is 0 Å². The number of benzene rings is 2. The summed E-state index contributed by atoms with van der Waals surface area (Å²) in [5, 5.41) is 7.34. The van der Waals surface area contributed by atoms with Crippen molar-refractivity contribution in [3.05, 3.63) is 42.5 Å². The van der Waals surface area contributed by atoms with Crippen LogP contribution in [0.4, 0.5) is 10.5 Å². The van der Waals surface area contributed by atoms with Crippen LogP contribution >= 0.6 is 11.8 Å². The average Bonchev–Trinajstić information content (AvgIpc) is 2.88. The van der Waals surface area contributed by atoms with Crippen LogP contribution in [0.2, 0.25) is 0 Å². The van der Waals surface area contributed by atoms with Gasteiger partial charge in [0, 0.05) is 11.1 Å². The monoisotopic (exact) mass is 357 g/mol. The number of anilines is 1. The molecule has 7 heteroatoms. The van der Waals surface area contributed by atoms with Gasteiger partial charge >= 0.3 is 6.03 Å². The van der Waals surface area contributed by atoms with E-state index in [4.69, 9.17) is 0 Å². The Labute approximate surface area is 149 Å². The molecule has 1 saturated heterocycles. The molecule has 130 valence electrons. The highest BCUT2D eigenvalue weighted by Gasteiger charge is 2.38. The number of fused-ring (bicyclic) bond motifs is 1. The molecule has 0 aromatic heterocycles. The molecule has 1 fully saturated rings. The number of amides is 4. The molecule has 4 amide bonds. The van der Waals surface area contributed by atoms with Crippen LogP contribution in [0.5, 0.6) is 0 Å². The SMILES string of the molecule is CSCC[C@H]1NC(=O)N(CC(=O)Nc2cccc3ccccc23)C1=O. The number of hydrogen-bond acceptors (Lipinski definition) is 4. The van der Waals surface area contributed by atoms with Crippen molar-refractivity contribution < 1.29 is 14.4 Å². The molecule has 0 spiro atoms. The molecule has 1 atom stereocenters. The second kappa shape index (κ2) is 7.57. The average molecular weight is 357 g/mol. The molecule has 2 aromatic carbocycles. The molecule has 1 aliphatic rings. The molecule has 0 aliphatic carbocycles. The molecule has 1 heterocycles. The predicted octanol–water partition coefficient (Wildman–Crippen LogP) is 2.45. The van der Waals surface area contributed by atoms with Crippen molar-refractivity contribution in [2.75, 3.05) is 23.9 Å². The van der Waals surface area contributed by atoms with Crippen LogP contribution in [0.15, 0.2) is 42.5 Å². The van der Waals surface area contributed by atoms with E-state index in [1.807, 2.05) is 42.7 Å². The fraction of sp³-hybridized carbons (Fsp3) is 0.278. The number of carbonyl (C=O) groups excluding carboxylic acids is 3. The molecule has 0 bridgehead atoms. The van der Waals surface area contributed by atoms with E-state index in [1.54, 1.807) is 17.8 Å². The highest BCUT2D eigenvalue weighted by molar-refractivity contribution is 7.98. The van der Waals surface area contributed by atoms with E-state index in [-0.39, 0.29) is 12.5 Å². The number of thioether (sulfide) groups is 1. The Morgan fingerprint density at radius 3 is 2.76 bits per heavy atom. The number of hydrogen-bond donors (Lipinski definition) is 2. The smallest absolute Gasteiger partial charge is 0.325 e. The summed E-state index contributed by atoms with van der Waals surface area (Å²) in [6.45, 7) is -0.288. The number of nitrogens with one attached hydrogen (secondary N) is 2. The number of nitrogens with zero attached hydrogens (tertiary/aromatic N) is 1. The summed E-state index contributed by atoms with van der Waals surface area (Å²) < 4.78 is 0. The zero-order valence-electron chi connectivity index (χ0n) is 13.8. The summed E-state index contributed by atoms with van der Waals surface area (Å²) in [6, 6.07) is 12.3. The summed E-state index contributed by atoms with van der Waals surface area (Å²) >= 11 is 1.61. The van der Waals surface area contributed by atoms with Crippen molar-refractivity contribution in [1.82, 2.24) is 10.2 Å². The van der Waals surface area contributed by atoms with Crippen LogP contribution in [-0.2, 0) is 9.59 Å². The van der Waals surface area contributed by atoms with Gasteiger partial charge in [-0.05, 0) is 29.9 Å². The molecule has 3 rings (SSSR count). The van der Waals surface area contributed by atoms with Crippen molar-refractivity contribution in [3.63, 3.8) is 0 Å². The van der Waals surface area contributed by atoms with Crippen molar-refractivity contribution in [3.8, 4) is 0 Å². The summed E-state index contributed by atoms with van der Waals surface area (Å²) in [5.41, 5.74) is 0.661. The second-order valence-corrected chi connectivity index (χ2v) is 6.77. The minimum atomic E-state index is -0.537.